The van der Waals surface area contributed by atoms with Gasteiger partial charge in [0.15, 0.2) is 0 Å². The van der Waals surface area contributed by atoms with Gasteiger partial charge in [0, 0.05) is 12.1 Å². The van der Waals surface area contributed by atoms with Crippen LogP contribution in [0.5, 0.6) is 5.75 Å². The van der Waals surface area contributed by atoms with E-state index in [-0.39, 0.29) is 18.2 Å². The highest BCUT2D eigenvalue weighted by Gasteiger charge is 2.06. The molecule has 0 heterocycles. The summed E-state index contributed by atoms with van der Waals surface area (Å²) in [6, 6.07) is 14.2. The molecule has 0 unspecified atom stereocenters. The van der Waals surface area contributed by atoms with Crippen molar-refractivity contribution in [3.05, 3.63) is 65.2 Å². The van der Waals surface area contributed by atoms with Crippen LogP contribution >= 0.6 is 0 Å². The van der Waals surface area contributed by atoms with Crippen molar-refractivity contribution in [2.75, 3.05) is 0 Å². The number of amides is 1. The summed E-state index contributed by atoms with van der Waals surface area (Å²) >= 11 is 0. The molecule has 0 bridgehead atoms. The summed E-state index contributed by atoms with van der Waals surface area (Å²) in [6.45, 7) is -2.60. The van der Waals surface area contributed by atoms with Crippen molar-refractivity contribution < 1.29 is 18.3 Å². The molecule has 2 aromatic rings. The first-order valence-corrected chi connectivity index (χ1v) is 6.40. The summed E-state index contributed by atoms with van der Waals surface area (Å²) in [5.74, 6) is -0.213. The summed E-state index contributed by atoms with van der Waals surface area (Å²) in [6.07, 6.45) is 0. The molecule has 0 saturated carbocycles. The molecule has 0 aliphatic carbocycles. The number of alkyl halides is 2. The van der Waals surface area contributed by atoms with Crippen LogP contribution in [0, 0.1) is 11.3 Å². The topological polar surface area (TPSA) is 62.1 Å². The maximum absolute atomic E-state index is 12.0. The first kappa shape index (κ1) is 15.4. The van der Waals surface area contributed by atoms with Gasteiger partial charge in [0.05, 0.1) is 11.6 Å². The highest BCUT2D eigenvalue weighted by atomic mass is 19.3. The number of hydrogen-bond acceptors (Lipinski definition) is 3. The fraction of sp³-hybridized carbons (Fsp3) is 0.125. The van der Waals surface area contributed by atoms with Gasteiger partial charge in [-0.25, -0.2) is 0 Å². The quantitative estimate of drug-likeness (QED) is 0.923. The molecule has 0 saturated heterocycles. The minimum atomic E-state index is -2.86. The number of nitrogens with zero attached hydrogens (tertiary/aromatic N) is 1. The van der Waals surface area contributed by atoms with Crippen LogP contribution < -0.4 is 10.1 Å². The minimum absolute atomic E-state index is 0.0668. The van der Waals surface area contributed by atoms with Crippen LogP contribution in [0.4, 0.5) is 8.78 Å². The van der Waals surface area contributed by atoms with E-state index in [1.807, 2.05) is 6.07 Å². The Bertz CT molecular complexity index is 677. The van der Waals surface area contributed by atoms with Crippen molar-refractivity contribution in [3.8, 4) is 11.8 Å². The van der Waals surface area contributed by atoms with E-state index < -0.39 is 6.61 Å². The lowest BCUT2D eigenvalue weighted by Crippen LogP contribution is -2.22. The second-order valence-corrected chi connectivity index (χ2v) is 4.39. The van der Waals surface area contributed by atoms with E-state index in [0.717, 1.165) is 5.56 Å². The van der Waals surface area contributed by atoms with E-state index in [4.69, 9.17) is 5.26 Å². The zero-order valence-electron chi connectivity index (χ0n) is 11.4. The number of ether oxygens (including phenoxy) is 1. The Balaban J connectivity index is 1.91. The maximum Gasteiger partial charge on any atom is 0.387 e. The largest absolute Gasteiger partial charge is 0.435 e. The Labute approximate surface area is 125 Å². The van der Waals surface area contributed by atoms with Crippen molar-refractivity contribution in [2.24, 2.45) is 0 Å². The second kappa shape index (κ2) is 7.18. The predicted octanol–water partition coefficient (Wildman–Crippen LogP) is 3.09. The molecule has 2 aromatic carbocycles. The molecular weight excluding hydrogens is 290 g/mol. The Morgan fingerprint density at radius 2 is 1.77 bits per heavy atom. The smallest absolute Gasteiger partial charge is 0.387 e. The standard InChI is InChI=1S/C16H12F2N2O2/c17-16(18)22-14-7-3-12(4-8-14)10-20-15(21)13-5-1-11(9-19)2-6-13/h1-8,16H,10H2,(H,20,21). The lowest BCUT2D eigenvalue weighted by molar-refractivity contribution is -0.0498. The summed E-state index contributed by atoms with van der Waals surface area (Å²) in [5, 5.41) is 11.4. The van der Waals surface area contributed by atoms with Gasteiger partial charge in [0.25, 0.3) is 5.91 Å². The van der Waals surface area contributed by atoms with E-state index in [9.17, 15) is 13.6 Å². The Kier molecular flexibility index (Phi) is 5.04. The minimum Gasteiger partial charge on any atom is -0.435 e. The van der Waals surface area contributed by atoms with Gasteiger partial charge in [-0.3, -0.25) is 4.79 Å². The number of hydrogen-bond donors (Lipinski definition) is 1. The Hall–Kier alpha value is -2.94. The maximum atomic E-state index is 12.0. The molecule has 0 radical (unpaired) electrons. The first-order chi connectivity index (χ1) is 10.6. The third-order valence-corrected chi connectivity index (χ3v) is 2.88. The summed E-state index contributed by atoms with van der Waals surface area (Å²) < 4.78 is 28.3. The van der Waals surface area contributed by atoms with Crippen LogP contribution in [-0.4, -0.2) is 12.5 Å². The normalized spacial score (nSPS) is 10.1. The SMILES string of the molecule is N#Cc1ccc(C(=O)NCc2ccc(OC(F)F)cc2)cc1. The van der Waals surface area contributed by atoms with E-state index >= 15 is 0 Å². The summed E-state index contributed by atoms with van der Waals surface area (Å²) in [4.78, 5) is 11.9. The van der Waals surface area contributed by atoms with Gasteiger partial charge in [0.1, 0.15) is 5.75 Å². The number of carbonyl (C=O) groups is 1. The molecule has 1 amide bonds. The van der Waals surface area contributed by atoms with Gasteiger partial charge < -0.3 is 10.1 Å². The fourth-order valence-electron chi connectivity index (χ4n) is 1.77. The highest BCUT2D eigenvalue weighted by molar-refractivity contribution is 5.94. The van der Waals surface area contributed by atoms with Crippen LogP contribution in [-0.2, 0) is 6.54 Å². The average molecular weight is 302 g/mol. The molecule has 4 nitrogen and oxygen atoms in total. The Morgan fingerprint density at radius 1 is 1.14 bits per heavy atom. The van der Waals surface area contributed by atoms with E-state index in [2.05, 4.69) is 10.1 Å². The van der Waals surface area contributed by atoms with E-state index in [1.165, 1.54) is 12.1 Å². The fourth-order valence-corrected chi connectivity index (χ4v) is 1.77. The molecule has 0 spiro atoms. The first-order valence-electron chi connectivity index (χ1n) is 6.40. The second-order valence-electron chi connectivity index (χ2n) is 4.39. The lowest BCUT2D eigenvalue weighted by Gasteiger charge is -2.07. The number of nitrogens with one attached hydrogen (secondary N) is 1. The molecule has 112 valence electrons. The number of benzene rings is 2. The van der Waals surface area contributed by atoms with Crippen molar-refractivity contribution in [3.63, 3.8) is 0 Å². The molecule has 22 heavy (non-hydrogen) atoms. The molecule has 0 fully saturated rings. The van der Waals surface area contributed by atoms with Crippen LogP contribution in [0.2, 0.25) is 0 Å². The van der Waals surface area contributed by atoms with Crippen LogP contribution in [0.25, 0.3) is 0 Å². The predicted molar refractivity (Wildman–Crippen MR) is 75.4 cm³/mol. The zero-order chi connectivity index (χ0) is 15.9. The molecule has 1 N–H and O–H groups in total. The third kappa shape index (κ3) is 4.28. The monoisotopic (exact) mass is 302 g/mol. The van der Waals surface area contributed by atoms with Crippen molar-refractivity contribution in [2.45, 2.75) is 13.2 Å². The zero-order valence-corrected chi connectivity index (χ0v) is 11.4. The average Bonchev–Trinajstić information content (AvgIpc) is 2.53. The van der Waals surface area contributed by atoms with Crippen molar-refractivity contribution in [1.82, 2.24) is 5.32 Å². The third-order valence-electron chi connectivity index (χ3n) is 2.88. The van der Waals surface area contributed by atoms with Crippen molar-refractivity contribution >= 4 is 5.91 Å². The van der Waals surface area contributed by atoms with Gasteiger partial charge >= 0.3 is 6.61 Å². The van der Waals surface area contributed by atoms with Crippen LogP contribution in [0.15, 0.2) is 48.5 Å². The number of carbonyl (C=O) groups excluding carboxylic acids is 1. The van der Waals surface area contributed by atoms with Gasteiger partial charge in [-0.15, -0.1) is 0 Å². The summed E-state index contributed by atoms with van der Waals surface area (Å²) in [7, 11) is 0. The van der Waals surface area contributed by atoms with Crippen LogP contribution in [0.1, 0.15) is 21.5 Å². The van der Waals surface area contributed by atoms with Crippen molar-refractivity contribution in [1.29, 1.82) is 5.26 Å². The van der Waals surface area contributed by atoms with Gasteiger partial charge in [-0.05, 0) is 42.0 Å². The molecule has 6 heteroatoms. The molecule has 0 aliphatic rings. The molecule has 0 aromatic heterocycles. The van der Waals surface area contributed by atoms with Crippen LogP contribution in [0.3, 0.4) is 0 Å². The highest BCUT2D eigenvalue weighted by Crippen LogP contribution is 2.14. The molecule has 0 aliphatic heterocycles. The van der Waals surface area contributed by atoms with Gasteiger partial charge in [-0.2, -0.15) is 14.0 Å². The molecular formula is C16H12F2N2O2. The molecule has 0 atom stereocenters. The van der Waals surface area contributed by atoms with E-state index in [0.29, 0.717) is 11.1 Å². The summed E-state index contributed by atoms with van der Waals surface area (Å²) in [5.41, 5.74) is 1.67. The van der Waals surface area contributed by atoms with Gasteiger partial charge in [-0.1, -0.05) is 12.1 Å². The number of nitriles is 1. The Morgan fingerprint density at radius 3 is 2.32 bits per heavy atom. The van der Waals surface area contributed by atoms with E-state index in [1.54, 1.807) is 36.4 Å². The number of halogens is 2. The molecule has 2 rings (SSSR count). The number of rotatable bonds is 5. The lowest BCUT2D eigenvalue weighted by atomic mass is 10.1. The van der Waals surface area contributed by atoms with Gasteiger partial charge in [0.2, 0.25) is 0 Å².